The van der Waals surface area contributed by atoms with E-state index >= 15 is 0 Å². The molecule has 0 atom stereocenters. The molecule has 1 rings (SSSR count). The summed E-state index contributed by atoms with van der Waals surface area (Å²) in [5, 5.41) is 3.13. The van der Waals surface area contributed by atoms with Crippen molar-refractivity contribution >= 4 is 17.5 Å². The van der Waals surface area contributed by atoms with Gasteiger partial charge >= 0.3 is 0 Å². The van der Waals surface area contributed by atoms with Gasteiger partial charge in [-0.1, -0.05) is 18.2 Å². The van der Waals surface area contributed by atoms with E-state index in [0.717, 1.165) is 12.8 Å². The third-order valence-corrected chi connectivity index (χ3v) is 2.13. The zero-order valence-electron chi connectivity index (χ0n) is 6.85. The van der Waals surface area contributed by atoms with Crippen molar-refractivity contribution in [1.29, 1.82) is 0 Å². The lowest BCUT2D eigenvalue weighted by Crippen LogP contribution is -2.45. The number of nitrogens with one attached hydrogen (secondary N) is 1. The Bertz CT molecular complexity index is 199. The number of amides is 1. The molecule has 0 bridgehead atoms. The van der Waals surface area contributed by atoms with Gasteiger partial charge in [-0.05, 0) is 12.8 Å². The molecule has 0 aromatic carbocycles. The van der Waals surface area contributed by atoms with Crippen molar-refractivity contribution < 1.29 is 4.79 Å². The number of rotatable bonds is 3. The third-order valence-electron chi connectivity index (χ3n) is 2.00. The molecule has 0 heterocycles. The number of halogens is 1. The number of hydrogen-bond donors (Lipinski definition) is 2. The normalized spacial score (nSPS) is 27.5. The summed E-state index contributed by atoms with van der Waals surface area (Å²) in [4.78, 5) is 11.2. The molecule has 1 fully saturated rings. The van der Waals surface area contributed by atoms with Crippen LogP contribution >= 0.6 is 11.6 Å². The summed E-state index contributed by atoms with van der Waals surface area (Å²) in [6.45, 7) is 3.82. The lowest BCUT2D eigenvalue weighted by atomic mass is 9.80. The second kappa shape index (κ2) is 3.92. The van der Waals surface area contributed by atoms with Crippen LogP contribution in [0.4, 0.5) is 0 Å². The molecule has 12 heavy (non-hydrogen) atoms. The van der Waals surface area contributed by atoms with Crippen LogP contribution in [0.3, 0.4) is 0 Å². The first-order valence-electron chi connectivity index (χ1n) is 3.96. The van der Waals surface area contributed by atoms with Crippen LogP contribution in [-0.2, 0) is 4.79 Å². The van der Waals surface area contributed by atoms with E-state index < -0.39 is 0 Å². The van der Waals surface area contributed by atoms with Crippen LogP contribution < -0.4 is 11.1 Å². The van der Waals surface area contributed by atoms with Gasteiger partial charge in [0.2, 0.25) is 5.91 Å². The van der Waals surface area contributed by atoms with Gasteiger partial charge in [0.15, 0.2) is 0 Å². The Kier molecular flexibility index (Phi) is 3.12. The highest BCUT2D eigenvalue weighted by molar-refractivity contribution is 6.29. The van der Waals surface area contributed by atoms with Crippen LogP contribution in [0.15, 0.2) is 11.6 Å². The van der Waals surface area contributed by atoms with Crippen LogP contribution in [0.25, 0.3) is 0 Å². The number of nitrogens with two attached hydrogens (primary N) is 1. The average molecular weight is 189 g/mol. The molecule has 0 radical (unpaired) electrons. The maximum atomic E-state index is 11.2. The van der Waals surface area contributed by atoms with Gasteiger partial charge in [-0.2, -0.15) is 0 Å². The van der Waals surface area contributed by atoms with E-state index in [1.165, 1.54) is 0 Å². The number of hydrogen-bond acceptors (Lipinski definition) is 2. The van der Waals surface area contributed by atoms with Gasteiger partial charge in [0, 0.05) is 17.0 Å². The van der Waals surface area contributed by atoms with Gasteiger partial charge in [0.05, 0.1) is 6.54 Å². The maximum absolute atomic E-state index is 11.2. The van der Waals surface area contributed by atoms with E-state index in [-0.39, 0.29) is 17.9 Å². The molecular weight excluding hydrogens is 176 g/mol. The van der Waals surface area contributed by atoms with Crippen LogP contribution in [0.2, 0.25) is 0 Å². The van der Waals surface area contributed by atoms with E-state index in [1.807, 2.05) is 0 Å². The second-order valence-corrected chi connectivity index (χ2v) is 3.70. The van der Waals surface area contributed by atoms with Crippen LogP contribution in [0.1, 0.15) is 12.8 Å². The van der Waals surface area contributed by atoms with Crippen LogP contribution in [0.5, 0.6) is 0 Å². The van der Waals surface area contributed by atoms with Gasteiger partial charge in [0.25, 0.3) is 0 Å². The SMILES string of the molecule is C=C(Cl)CNC(=O)C1CC(N)C1. The van der Waals surface area contributed by atoms with Crippen LogP contribution in [-0.4, -0.2) is 18.5 Å². The molecule has 1 aliphatic rings. The minimum atomic E-state index is 0.0403. The van der Waals surface area contributed by atoms with Gasteiger partial charge in [-0.25, -0.2) is 0 Å². The van der Waals surface area contributed by atoms with Crippen molar-refractivity contribution in [2.75, 3.05) is 6.54 Å². The largest absolute Gasteiger partial charge is 0.351 e. The molecule has 0 spiro atoms. The first-order valence-corrected chi connectivity index (χ1v) is 4.34. The van der Waals surface area contributed by atoms with Crippen molar-refractivity contribution in [3.8, 4) is 0 Å². The average Bonchev–Trinajstić information content (AvgIpc) is 1.94. The van der Waals surface area contributed by atoms with E-state index in [2.05, 4.69) is 11.9 Å². The lowest BCUT2D eigenvalue weighted by Gasteiger charge is -2.30. The lowest BCUT2D eigenvalue weighted by molar-refractivity contribution is -0.127. The number of carbonyl (C=O) groups is 1. The molecule has 0 aromatic rings. The highest BCUT2D eigenvalue weighted by Crippen LogP contribution is 2.25. The Labute approximate surface area is 77.0 Å². The van der Waals surface area contributed by atoms with Crippen molar-refractivity contribution in [2.24, 2.45) is 11.7 Å². The van der Waals surface area contributed by atoms with E-state index in [0.29, 0.717) is 11.6 Å². The molecule has 0 unspecified atom stereocenters. The summed E-state index contributed by atoms with van der Waals surface area (Å²) < 4.78 is 0. The predicted molar refractivity (Wildman–Crippen MR) is 48.7 cm³/mol. The van der Waals surface area contributed by atoms with Crippen molar-refractivity contribution in [2.45, 2.75) is 18.9 Å². The Balaban J connectivity index is 2.17. The molecular formula is C8H13ClN2O. The van der Waals surface area contributed by atoms with Crippen molar-refractivity contribution in [1.82, 2.24) is 5.32 Å². The molecule has 4 heteroatoms. The summed E-state index contributed by atoms with van der Waals surface area (Å²) in [6, 6.07) is 0.208. The second-order valence-electron chi connectivity index (χ2n) is 3.16. The molecule has 68 valence electrons. The quantitative estimate of drug-likeness (QED) is 0.682. The molecule has 1 saturated carbocycles. The van der Waals surface area contributed by atoms with E-state index in [9.17, 15) is 4.79 Å². The fraction of sp³-hybridized carbons (Fsp3) is 0.625. The molecule has 0 saturated heterocycles. The van der Waals surface area contributed by atoms with Gasteiger partial charge in [0.1, 0.15) is 0 Å². The van der Waals surface area contributed by atoms with Gasteiger partial charge in [-0.3, -0.25) is 4.79 Å². The standard InChI is InChI=1S/C8H13ClN2O/c1-5(9)4-11-8(12)6-2-7(10)3-6/h6-7H,1-4,10H2,(H,11,12). The molecule has 3 N–H and O–H groups in total. The Morgan fingerprint density at radius 3 is 2.67 bits per heavy atom. The Hall–Kier alpha value is -0.540. The van der Waals surface area contributed by atoms with Crippen molar-refractivity contribution in [3.63, 3.8) is 0 Å². The zero-order valence-corrected chi connectivity index (χ0v) is 7.60. The van der Waals surface area contributed by atoms with E-state index in [1.54, 1.807) is 0 Å². The molecule has 1 amide bonds. The summed E-state index contributed by atoms with van der Waals surface area (Å²) in [5.74, 6) is 0.134. The zero-order chi connectivity index (χ0) is 9.14. The first-order chi connectivity index (χ1) is 5.59. The molecule has 1 aliphatic carbocycles. The van der Waals surface area contributed by atoms with Crippen LogP contribution in [0, 0.1) is 5.92 Å². The van der Waals surface area contributed by atoms with E-state index in [4.69, 9.17) is 17.3 Å². The minimum absolute atomic E-state index is 0.0403. The fourth-order valence-electron chi connectivity index (χ4n) is 1.20. The highest BCUT2D eigenvalue weighted by Gasteiger charge is 2.31. The summed E-state index contributed by atoms with van der Waals surface area (Å²) >= 11 is 5.48. The highest BCUT2D eigenvalue weighted by atomic mass is 35.5. The number of carbonyl (C=O) groups excluding carboxylic acids is 1. The molecule has 3 nitrogen and oxygen atoms in total. The summed E-state index contributed by atoms with van der Waals surface area (Å²) in [6.07, 6.45) is 1.58. The Morgan fingerprint density at radius 1 is 1.67 bits per heavy atom. The molecule has 0 aromatic heterocycles. The maximum Gasteiger partial charge on any atom is 0.223 e. The summed E-state index contributed by atoms with van der Waals surface area (Å²) in [7, 11) is 0. The first kappa shape index (κ1) is 9.55. The minimum Gasteiger partial charge on any atom is -0.351 e. The third kappa shape index (κ3) is 2.50. The smallest absolute Gasteiger partial charge is 0.223 e. The van der Waals surface area contributed by atoms with Crippen molar-refractivity contribution in [3.05, 3.63) is 11.6 Å². The predicted octanol–water partition coefficient (Wildman–Crippen LogP) is 0.592. The van der Waals surface area contributed by atoms with Gasteiger partial charge in [-0.15, -0.1) is 0 Å². The monoisotopic (exact) mass is 188 g/mol. The van der Waals surface area contributed by atoms with Gasteiger partial charge < -0.3 is 11.1 Å². The Morgan fingerprint density at radius 2 is 2.25 bits per heavy atom. The fourth-order valence-corrected chi connectivity index (χ4v) is 1.27. The topological polar surface area (TPSA) is 55.1 Å². The summed E-state index contributed by atoms with van der Waals surface area (Å²) in [5.41, 5.74) is 5.54. The molecule has 0 aliphatic heterocycles.